The molecular weight excluding hydrogens is 216 g/mol. The second kappa shape index (κ2) is 3.77. The van der Waals surface area contributed by atoms with E-state index < -0.39 is 12.0 Å². The number of aliphatic carboxylic acids is 1. The molecule has 0 aliphatic heterocycles. The molecule has 2 aromatic heterocycles. The number of carboxylic acids is 1. The van der Waals surface area contributed by atoms with Crippen LogP contribution < -0.4 is 0 Å². The van der Waals surface area contributed by atoms with Gasteiger partial charge < -0.3 is 5.11 Å². The van der Waals surface area contributed by atoms with Crippen molar-refractivity contribution >= 4 is 17.3 Å². The van der Waals surface area contributed by atoms with E-state index in [0.29, 0.717) is 5.82 Å². The van der Waals surface area contributed by atoms with E-state index in [9.17, 15) is 4.79 Å². The standard InChI is InChI=1S/C8H8N4O2S/c1-5(8(13)14)12-7(9-10-11-12)6-3-2-4-15-6/h2-5H,1H3,(H,13,14). The molecule has 15 heavy (non-hydrogen) atoms. The van der Waals surface area contributed by atoms with Crippen molar-refractivity contribution in [1.29, 1.82) is 0 Å². The van der Waals surface area contributed by atoms with Crippen LogP contribution in [0.3, 0.4) is 0 Å². The molecule has 0 amide bonds. The second-order valence-electron chi connectivity index (χ2n) is 2.94. The Balaban J connectivity index is 2.43. The number of hydrogen-bond donors (Lipinski definition) is 1. The minimum atomic E-state index is -0.958. The van der Waals surface area contributed by atoms with Crippen molar-refractivity contribution in [3.63, 3.8) is 0 Å². The molecule has 0 aromatic carbocycles. The summed E-state index contributed by atoms with van der Waals surface area (Å²) in [5, 5.41) is 21.7. The molecule has 2 heterocycles. The van der Waals surface area contributed by atoms with Crippen LogP contribution in [0.5, 0.6) is 0 Å². The summed E-state index contributed by atoms with van der Waals surface area (Å²) in [6.45, 7) is 1.54. The number of rotatable bonds is 3. The predicted molar refractivity (Wildman–Crippen MR) is 53.5 cm³/mol. The van der Waals surface area contributed by atoms with E-state index >= 15 is 0 Å². The first-order valence-electron chi connectivity index (χ1n) is 4.24. The van der Waals surface area contributed by atoms with Crippen molar-refractivity contribution in [1.82, 2.24) is 20.2 Å². The number of carbonyl (C=O) groups is 1. The van der Waals surface area contributed by atoms with Crippen LogP contribution in [-0.2, 0) is 4.79 Å². The molecule has 1 atom stereocenters. The maximum Gasteiger partial charge on any atom is 0.328 e. The molecule has 7 heteroatoms. The molecule has 0 bridgehead atoms. The predicted octanol–water partition coefficient (Wildman–Crippen LogP) is 1.05. The number of nitrogens with zero attached hydrogens (tertiary/aromatic N) is 4. The van der Waals surface area contributed by atoms with Crippen molar-refractivity contribution in [3.8, 4) is 10.7 Å². The fraction of sp³-hybridized carbons (Fsp3) is 0.250. The number of aromatic nitrogens is 4. The minimum absolute atomic E-state index is 0.486. The Kier molecular flexibility index (Phi) is 2.46. The fourth-order valence-corrected chi connectivity index (χ4v) is 1.83. The molecule has 0 aliphatic rings. The molecule has 0 spiro atoms. The summed E-state index contributed by atoms with van der Waals surface area (Å²) in [6.07, 6.45) is 0. The molecular formula is C8H8N4O2S. The lowest BCUT2D eigenvalue weighted by molar-refractivity contribution is -0.140. The van der Waals surface area contributed by atoms with Crippen LogP contribution in [0.15, 0.2) is 17.5 Å². The average Bonchev–Trinajstić information content (AvgIpc) is 2.86. The van der Waals surface area contributed by atoms with E-state index in [1.165, 1.54) is 22.9 Å². The Morgan fingerprint density at radius 2 is 2.47 bits per heavy atom. The molecule has 0 fully saturated rings. The monoisotopic (exact) mass is 224 g/mol. The molecule has 6 nitrogen and oxygen atoms in total. The highest BCUT2D eigenvalue weighted by molar-refractivity contribution is 7.13. The third kappa shape index (κ3) is 1.73. The smallest absolute Gasteiger partial charge is 0.328 e. The first-order valence-corrected chi connectivity index (χ1v) is 5.12. The number of thiophene rings is 1. The second-order valence-corrected chi connectivity index (χ2v) is 3.89. The molecule has 0 saturated carbocycles. The highest BCUT2D eigenvalue weighted by Gasteiger charge is 2.20. The van der Waals surface area contributed by atoms with Gasteiger partial charge in [0, 0.05) is 0 Å². The summed E-state index contributed by atoms with van der Waals surface area (Å²) in [4.78, 5) is 11.7. The van der Waals surface area contributed by atoms with Crippen molar-refractivity contribution in [3.05, 3.63) is 17.5 Å². The van der Waals surface area contributed by atoms with Gasteiger partial charge in [0.15, 0.2) is 11.9 Å². The zero-order chi connectivity index (χ0) is 10.8. The van der Waals surface area contributed by atoms with Gasteiger partial charge in [-0.15, -0.1) is 16.4 Å². The molecule has 0 saturated heterocycles. The summed E-state index contributed by atoms with van der Waals surface area (Å²) in [6, 6.07) is 2.95. The number of carboxylic acid groups (broad SMARTS) is 1. The maximum absolute atomic E-state index is 10.8. The van der Waals surface area contributed by atoms with Gasteiger partial charge in [0.05, 0.1) is 4.88 Å². The van der Waals surface area contributed by atoms with Crippen LogP contribution in [-0.4, -0.2) is 31.3 Å². The summed E-state index contributed by atoms with van der Waals surface area (Å²) < 4.78 is 1.30. The van der Waals surface area contributed by atoms with Crippen molar-refractivity contribution in [2.75, 3.05) is 0 Å². The van der Waals surface area contributed by atoms with E-state index in [0.717, 1.165) is 4.88 Å². The lowest BCUT2D eigenvalue weighted by Gasteiger charge is -2.06. The molecule has 2 aromatic rings. The van der Waals surface area contributed by atoms with Gasteiger partial charge in [-0.05, 0) is 28.8 Å². The van der Waals surface area contributed by atoms with E-state index in [-0.39, 0.29) is 0 Å². The SMILES string of the molecule is CC(C(=O)O)n1nnnc1-c1cccs1. The Morgan fingerprint density at radius 3 is 3.07 bits per heavy atom. The molecule has 78 valence electrons. The van der Waals surface area contributed by atoms with Crippen LogP contribution in [0.2, 0.25) is 0 Å². The highest BCUT2D eigenvalue weighted by Crippen LogP contribution is 2.23. The first kappa shape index (κ1) is 9.78. The van der Waals surface area contributed by atoms with Crippen LogP contribution in [0.4, 0.5) is 0 Å². The summed E-state index contributed by atoms with van der Waals surface area (Å²) in [7, 11) is 0. The van der Waals surface area contributed by atoms with E-state index in [2.05, 4.69) is 15.5 Å². The Hall–Kier alpha value is -1.76. The van der Waals surface area contributed by atoms with Crippen LogP contribution in [0.25, 0.3) is 10.7 Å². The third-order valence-corrected chi connectivity index (χ3v) is 2.82. The lowest BCUT2D eigenvalue weighted by Crippen LogP contribution is -2.17. The third-order valence-electron chi connectivity index (χ3n) is 1.96. The average molecular weight is 224 g/mol. The van der Waals surface area contributed by atoms with Gasteiger partial charge in [0.25, 0.3) is 0 Å². The minimum Gasteiger partial charge on any atom is -0.480 e. The van der Waals surface area contributed by atoms with Crippen molar-refractivity contribution < 1.29 is 9.90 Å². The van der Waals surface area contributed by atoms with Gasteiger partial charge >= 0.3 is 5.97 Å². The molecule has 1 unspecified atom stereocenters. The zero-order valence-electron chi connectivity index (χ0n) is 7.86. The molecule has 2 rings (SSSR count). The normalized spacial score (nSPS) is 12.6. The Bertz CT molecular complexity index is 465. The van der Waals surface area contributed by atoms with Gasteiger partial charge in [-0.25, -0.2) is 9.48 Å². The maximum atomic E-state index is 10.8. The van der Waals surface area contributed by atoms with Crippen LogP contribution >= 0.6 is 11.3 Å². The molecule has 0 aliphatic carbocycles. The number of tetrazole rings is 1. The quantitative estimate of drug-likeness (QED) is 0.842. The molecule has 0 radical (unpaired) electrons. The topological polar surface area (TPSA) is 80.9 Å². The van der Waals surface area contributed by atoms with Crippen LogP contribution in [0, 0.1) is 0 Å². The summed E-state index contributed by atoms with van der Waals surface area (Å²) >= 11 is 1.47. The zero-order valence-corrected chi connectivity index (χ0v) is 8.68. The first-order chi connectivity index (χ1) is 7.20. The molecule has 1 N–H and O–H groups in total. The Labute approximate surface area is 89.2 Å². The van der Waals surface area contributed by atoms with E-state index in [1.807, 2.05) is 17.5 Å². The Morgan fingerprint density at radius 1 is 1.67 bits per heavy atom. The van der Waals surface area contributed by atoms with Crippen molar-refractivity contribution in [2.24, 2.45) is 0 Å². The largest absolute Gasteiger partial charge is 0.480 e. The van der Waals surface area contributed by atoms with Gasteiger partial charge in [0.1, 0.15) is 0 Å². The van der Waals surface area contributed by atoms with Gasteiger partial charge in [-0.2, -0.15) is 0 Å². The summed E-state index contributed by atoms with van der Waals surface area (Å²) in [5.74, 6) is -0.472. The number of hydrogen-bond acceptors (Lipinski definition) is 5. The van der Waals surface area contributed by atoms with Gasteiger partial charge in [-0.1, -0.05) is 6.07 Å². The van der Waals surface area contributed by atoms with Gasteiger partial charge in [-0.3, -0.25) is 0 Å². The summed E-state index contributed by atoms with van der Waals surface area (Å²) in [5.41, 5.74) is 0. The lowest BCUT2D eigenvalue weighted by atomic mass is 10.3. The highest BCUT2D eigenvalue weighted by atomic mass is 32.1. The van der Waals surface area contributed by atoms with Crippen molar-refractivity contribution in [2.45, 2.75) is 13.0 Å². The van der Waals surface area contributed by atoms with Gasteiger partial charge in [0.2, 0.25) is 0 Å². The van der Waals surface area contributed by atoms with E-state index in [4.69, 9.17) is 5.11 Å². The van der Waals surface area contributed by atoms with E-state index in [1.54, 1.807) is 0 Å². The van der Waals surface area contributed by atoms with Crippen LogP contribution in [0.1, 0.15) is 13.0 Å². The fourth-order valence-electron chi connectivity index (χ4n) is 1.13.